The molecule has 2 atom stereocenters. The van der Waals surface area contributed by atoms with E-state index < -0.39 is 23.3 Å². The van der Waals surface area contributed by atoms with Crippen LogP contribution in [0.3, 0.4) is 0 Å². The van der Waals surface area contributed by atoms with Gasteiger partial charge in [0.25, 0.3) is 0 Å². The lowest BCUT2D eigenvalue weighted by atomic mass is 9.71. The Morgan fingerprint density at radius 3 is 1.40 bits per heavy atom. The molecular weight excluding hydrogens is 508 g/mol. The molecule has 40 heavy (non-hydrogen) atoms. The predicted octanol–water partition coefficient (Wildman–Crippen LogP) is 11.4. The summed E-state index contributed by atoms with van der Waals surface area (Å²) in [4.78, 5) is 0. The molecule has 0 spiro atoms. The molecule has 3 aliphatic rings. The monoisotopic (exact) mass is 554 g/mol. The van der Waals surface area contributed by atoms with Crippen molar-refractivity contribution in [2.24, 2.45) is 23.7 Å². The summed E-state index contributed by atoms with van der Waals surface area (Å²) in [6, 6.07) is 3.50. The smallest absolute Gasteiger partial charge is 0.166 e. The predicted molar refractivity (Wildman–Crippen MR) is 159 cm³/mol. The van der Waals surface area contributed by atoms with Gasteiger partial charge in [-0.15, -0.1) is 0 Å². The maximum absolute atomic E-state index is 14.4. The van der Waals surface area contributed by atoms with Gasteiger partial charge in [0.1, 0.15) is 0 Å². The first-order chi connectivity index (χ1) is 19.0. The van der Waals surface area contributed by atoms with E-state index in [2.05, 4.69) is 26.0 Å². The summed E-state index contributed by atoms with van der Waals surface area (Å²) in [6.07, 6.45) is 15.6. The molecule has 4 heteroatoms. The fourth-order valence-corrected chi connectivity index (χ4v) is 7.08. The topological polar surface area (TPSA) is 0 Å². The third-order valence-corrected chi connectivity index (χ3v) is 9.67. The maximum atomic E-state index is 14.4. The second kappa shape index (κ2) is 13.1. The number of allylic oxidation sites excluding steroid dienone is 4. The fraction of sp³-hybridized carbons (Fsp3) is 0.556. The van der Waals surface area contributed by atoms with Crippen LogP contribution in [-0.2, 0) is 0 Å². The quantitative estimate of drug-likeness (QED) is 0.331. The Hall–Kier alpha value is -2.36. The van der Waals surface area contributed by atoms with Crippen molar-refractivity contribution in [3.05, 3.63) is 80.9 Å². The van der Waals surface area contributed by atoms with Crippen molar-refractivity contribution >= 4 is 11.1 Å². The van der Waals surface area contributed by atoms with E-state index in [1.54, 1.807) is 26.0 Å². The fourth-order valence-electron chi connectivity index (χ4n) is 7.08. The van der Waals surface area contributed by atoms with E-state index >= 15 is 0 Å². The highest BCUT2D eigenvalue weighted by Crippen LogP contribution is 2.42. The zero-order valence-corrected chi connectivity index (χ0v) is 25.2. The molecular formula is C36H46F4. The molecule has 0 N–H and O–H groups in total. The van der Waals surface area contributed by atoms with Crippen LogP contribution < -0.4 is 0 Å². The Labute approximate surface area is 239 Å². The van der Waals surface area contributed by atoms with Gasteiger partial charge in [-0.2, -0.15) is 0 Å². The molecule has 0 radical (unpaired) electrons. The van der Waals surface area contributed by atoms with E-state index in [0.29, 0.717) is 28.2 Å². The molecule has 0 saturated heterocycles. The average Bonchev–Trinajstić information content (AvgIpc) is 2.93. The van der Waals surface area contributed by atoms with Gasteiger partial charge in [0.2, 0.25) is 0 Å². The van der Waals surface area contributed by atoms with Crippen LogP contribution in [0.4, 0.5) is 17.6 Å². The van der Waals surface area contributed by atoms with Crippen molar-refractivity contribution < 1.29 is 17.6 Å². The Kier molecular flexibility index (Phi) is 10.0. The summed E-state index contributed by atoms with van der Waals surface area (Å²) in [5, 5.41) is 0. The van der Waals surface area contributed by atoms with Crippen molar-refractivity contribution in [2.45, 2.75) is 106 Å². The average molecular weight is 555 g/mol. The lowest BCUT2D eigenvalue weighted by Crippen LogP contribution is -2.22. The van der Waals surface area contributed by atoms with Crippen LogP contribution >= 0.6 is 0 Å². The molecule has 1 fully saturated rings. The second-order valence-corrected chi connectivity index (χ2v) is 12.9. The standard InChI is InChI=1S/C21H28F2.C15H18F2/c1-13-4-6-16(7-5-13)17-8-10-18(11-9-17)19-14(2)12-15(3)20(22)21(19)23;1-9-4-6-12(7-5-9)13-10(2)8-11(3)14(16)15(13)17/h10,12-13,16-17H,4-9,11H2,1-3H3;6,8-9H,4-5,7H2,1-3H3. The van der Waals surface area contributed by atoms with Crippen LogP contribution in [0, 0.1) is 74.6 Å². The van der Waals surface area contributed by atoms with E-state index in [-0.39, 0.29) is 0 Å². The van der Waals surface area contributed by atoms with Crippen LogP contribution in [0.1, 0.15) is 111 Å². The van der Waals surface area contributed by atoms with E-state index in [1.807, 2.05) is 13.8 Å². The molecule has 0 amide bonds. The summed E-state index contributed by atoms with van der Waals surface area (Å²) >= 11 is 0. The first-order valence-corrected chi connectivity index (χ1v) is 15.3. The molecule has 2 unspecified atom stereocenters. The number of benzene rings is 2. The van der Waals surface area contributed by atoms with Gasteiger partial charge in [-0.1, -0.05) is 51.0 Å². The summed E-state index contributed by atoms with van der Waals surface area (Å²) in [7, 11) is 0. The molecule has 0 bridgehead atoms. The minimum Gasteiger partial charge on any atom is -0.203 e. The maximum Gasteiger partial charge on any atom is 0.166 e. The van der Waals surface area contributed by atoms with Crippen LogP contribution in [0.5, 0.6) is 0 Å². The molecule has 0 heterocycles. The zero-order valence-electron chi connectivity index (χ0n) is 25.2. The van der Waals surface area contributed by atoms with Gasteiger partial charge in [-0.25, -0.2) is 17.6 Å². The Balaban J connectivity index is 0.000000194. The number of aryl methyl sites for hydroxylation is 4. The Morgan fingerprint density at radius 1 is 0.500 bits per heavy atom. The van der Waals surface area contributed by atoms with Gasteiger partial charge in [0.15, 0.2) is 23.3 Å². The molecule has 2 aromatic carbocycles. The molecule has 2 aromatic rings. The molecule has 5 rings (SSSR count). The molecule has 0 aromatic heterocycles. The van der Waals surface area contributed by atoms with Crippen molar-refractivity contribution in [2.75, 3.05) is 0 Å². The second-order valence-electron chi connectivity index (χ2n) is 12.9. The normalized spacial score (nSPS) is 25.1. The van der Waals surface area contributed by atoms with Gasteiger partial charge in [-0.3, -0.25) is 0 Å². The minimum absolute atomic E-state index is 0.383. The third kappa shape index (κ3) is 6.74. The van der Waals surface area contributed by atoms with Crippen molar-refractivity contribution in [1.82, 2.24) is 0 Å². The summed E-state index contributed by atoms with van der Waals surface area (Å²) in [5.74, 6) is 0.391. The van der Waals surface area contributed by atoms with Crippen LogP contribution in [-0.4, -0.2) is 0 Å². The lowest BCUT2D eigenvalue weighted by Gasteiger charge is -2.34. The summed E-state index contributed by atoms with van der Waals surface area (Å²) in [6.45, 7) is 11.5. The Bertz CT molecular complexity index is 1280. The SMILES string of the molecule is Cc1cc(C)c(C2=CCC(C)CC2)c(F)c1F.Cc1cc(C)c(C2=CCC(C3CCC(C)CC3)CC2)c(F)c1F. The van der Waals surface area contributed by atoms with Crippen LogP contribution in [0.25, 0.3) is 11.1 Å². The molecule has 0 aliphatic heterocycles. The van der Waals surface area contributed by atoms with Crippen molar-refractivity contribution in [1.29, 1.82) is 0 Å². The first kappa shape index (κ1) is 30.6. The highest BCUT2D eigenvalue weighted by Gasteiger charge is 2.29. The number of halogens is 4. The highest BCUT2D eigenvalue weighted by atomic mass is 19.2. The number of hydrogen-bond acceptors (Lipinski definition) is 0. The first-order valence-electron chi connectivity index (χ1n) is 15.3. The van der Waals surface area contributed by atoms with E-state index in [4.69, 9.17) is 0 Å². The van der Waals surface area contributed by atoms with Crippen molar-refractivity contribution in [3.63, 3.8) is 0 Å². The largest absolute Gasteiger partial charge is 0.203 e. The van der Waals surface area contributed by atoms with Crippen molar-refractivity contribution in [3.8, 4) is 0 Å². The minimum atomic E-state index is -0.704. The zero-order chi connectivity index (χ0) is 29.1. The van der Waals surface area contributed by atoms with Gasteiger partial charge < -0.3 is 0 Å². The van der Waals surface area contributed by atoms with Gasteiger partial charge in [0, 0.05) is 11.1 Å². The molecule has 0 nitrogen and oxygen atoms in total. The number of rotatable bonds is 3. The molecule has 3 aliphatic carbocycles. The lowest BCUT2D eigenvalue weighted by molar-refractivity contribution is 0.202. The van der Waals surface area contributed by atoms with Gasteiger partial charge >= 0.3 is 0 Å². The van der Waals surface area contributed by atoms with Gasteiger partial charge in [0.05, 0.1) is 0 Å². The van der Waals surface area contributed by atoms with E-state index in [1.165, 1.54) is 25.7 Å². The Morgan fingerprint density at radius 2 is 0.975 bits per heavy atom. The van der Waals surface area contributed by atoms with E-state index in [9.17, 15) is 17.6 Å². The number of hydrogen-bond donors (Lipinski definition) is 0. The molecule has 1 saturated carbocycles. The van der Waals surface area contributed by atoms with E-state index in [0.717, 1.165) is 78.6 Å². The van der Waals surface area contributed by atoms with Gasteiger partial charge in [-0.05, 0) is 136 Å². The third-order valence-electron chi connectivity index (χ3n) is 9.67. The van der Waals surface area contributed by atoms with Crippen LogP contribution in [0.15, 0.2) is 24.3 Å². The summed E-state index contributed by atoms with van der Waals surface area (Å²) in [5.41, 5.74) is 5.46. The summed E-state index contributed by atoms with van der Waals surface area (Å²) < 4.78 is 55.9. The van der Waals surface area contributed by atoms with Crippen LogP contribution in [0.2, 0.25) is 0 Å². The molecule has 218 valence electrons. The highest BCUT2D eigenvalue weighted by molar-refractivity contribution is 5.70.